The predicted octanol–water partition coefficient (Wildman–Crippen LogP) is 1.44. The quantitative estimate of drug-likeness (QED) is 0.416. The largest absolute Gasteiger partial charge is 0.354 e. The van der Waals surface area contributed by atoms with Crippen LogP contribution >= 0.6 is 0 Å². The van der Waals surface area contributed by atoms with Crippen LogP contribution in [0.15, 0.2) is 41.3 Å². The molecular formula is C28H42N8O3. The summed E-state index contributed by atoms with van der Waals surface area (Å²) in [5.74, 6) is 0.0418. The smallest absolute Gasteiger partial charge is 0.338 e. The van der Waals surface area contributed by atoms with E-state index in [-0.39, 0.29) is 17.8 Å². The second-order valence-electron chi connectivity index (χ2n) is 11.4. The molecule has 0 spiro atoms. The lowest BCUT2D eigenvalue weighted by atomic mass is 9.91. The first-order chi connectivity index (χ1) is 18.5. The summed E-state index contributed by atoms with van der Waals surface area (Å²) >= 11 is 0. The fraction of sp³-hybridized carbons (Fsp3) is 0.571. The maximum absolute atomic E-state index is 12.7. The van der Waals surface area contributed by atoms with Crippen molar-refractivity contribution in [1.29, 1.82) is 0 Å². The highest BCUT2D eigenvalue weighted by Crippen LogP contribution is 2.18. The summed E-state index contributed by atoms with van der Waals surface area (Å²) in [5, 5.41) is 6.41. The summed E-state index contributed by atoms with van der Waals surface area (Å²) in [5.41, 5.74) is 12.4. The van der Waals surface area contributed by atoms with E-state index >= 15 is 0 Å². The Morgan fingerprint density at radius 1 is 1.03 bits per heavy atom. The van der Waals surface area contributed by atoms with E-state index in [9.17, 15) is 14.4 Å². The van der Waals surface area contributed by atoms with E-state index in [2.05, 4.69) is 22.5 Å². The van der Waals surface area contributed by atoms with Gasteiger partial charge in [0.1, 0.15) is 5.82 Å². The third-order valence-electron chi connectivity index (χ3n) is 7.49. The van der Waals surface area contributed by atoms with Crippen molar-refractivity contribution in [1.82, 2.24) is 24.7 Å². The molecule has 1 atom stereocenters. The topological polar surface area (TPSA) is 152 Å². The highest BCUT2D eigenvalue weighted by molar-refractivity contribution is 5.89. The fourth-order valence-corrected chi connectivity index (χ4v) is 5.27. The van der Waals surface area contributed by atoms with E-state index < -0.39 is 11.2 Å². The Balaban J connectivity index is 1.29. The molecule has 11 heteroatoms. The summed E-state index contributed by atoms with van der Waals surface area (Å²) in [4.78, 5) is 45.1. The molecule has 4 rings (SSSR count). The number of nitrogens with one attached hydrogen (secondary N) is 2. The second kappa shape index (κ2) is 12.3. The van der Waals surface area contributed by atoms with E-state index in [0.29, 0.717) is 50.0 Å². The number of aromatic nitrogens is 2. The van der Waals surface area contributed by atoms with Crippen LogP contribution in [0, 0.1) is 0 Å². The Bertz CT molecular complexity index is 1190. The molecule has 39 heavy (non-hydrogen) atoms. The molecule has 1 aliphatic carbocycles. The molecular weight excluding hydrogens is 496 g/mol. The van der Waals surface area contributed by atoms with Gasteiger partial charge >= 0.3 is 11.7 Å². The van der Waals surface area contributed by atoms with E-state index in [0.717, 1.165) is 32.1 Å². The summed E-state index contributed by atoms with van der Waals surface area (Å²) in [7, 11) is 0. The maximum atomic E-state index is 12.7. The van der Waals surface area contributed by atoms with Crippen molar-refractivity contribution >= 4 is 17.8 Å². The van der Waals surface area contributed by atoms with Crippen molar-refractivity contribution in [2.45, 2.75) is 76.5 Å². The molecule has 11 nitrogen and oxygen atoms in total. The first kappa shape index (κ1) is 28.7. The second-order valence-corrected chi connectivity index (χ2v) is 11.4. The molecule has 0 radical (unpaired) electrons. The minimum atomic E-state index is -0.946. The van der Waals surface area contributed by atoms with Gasteiger partial charge in [-0.25, -0.2) is 9.59 Å². The van der Waals surface area contributed by atoms with E-state index in [4.69, 9.17) is 11.5 Å². The van der Waals surface area contributed by atoms with Crippen LogP contribution in [0.2, 0.25) is 0 Å². The molecule has 2 fully saturated rings. The molecule has 2 aromatic rings. The summed E-state index contributed by atoms with van der Waals surface area (Å²) in [6.45, 7) is 7.10. The summed E-state index contributed by atoms with van der Waals surface area (Å²) < 4.78 is 1.45. The number of hydrogen-bond acceptors (Lipinski definition) is 7. The highest BCUT2D eigenvalue weighted by atomic mass is 16.2. The molecule has 212 valence electrons. The molecule has 2 heterocycles. The number of amides is 3. The van der Waals surface area contributed by atoms with Gasteiger partial charge in [-0.3, -0.25) is 14.7 Å². The molecule has 1 unspecified atom stereocenters. The van der Waals surface area contributed by atoms with Gasteiger partial charge < -0.3 is 26.6 Å². The number of rotatable bonds is 7. The van der Waals surface area contributed by atoms with Crippen LogP contribution < -0.4 is 27.8 Å². The number of urea groups is 1. The number of hydrogen-bond donors (Lipinski definition) is 4. The Morgan fingerprint density at radius 3 is 2.23 bits per heavy atom. The van der Waals surface area contributed by atoms with Gasteiger partial charge in [0.2, 0.25) is 5.91 Å². The van der Waals surface area contributed by atoms with Gasteiger partial charge in [-0.05, 0) is 76.6 Å². The van der Waals surface area contributed by atoms with Gasteiger partial charge in [-0.1, -0.05) is 12.1 Å². The molecule has 2 aliphatic rings. The van der Waals surface area contributed by atoms with Gasteiger partial charge in [-0.2, -0.15) is 4.98 Å². The van der Waals surface area contributed by atoms with E-state index in [1.807, 2.05) is 24.3 Å². The SMILES string of the molecule is CC(Cc1ccc(-n2ccc(NC(=O)N3CCN(C(=O)C(C)(C)N)CC3)nc2=O)cc1)N[C@H]1CC[C@@H](N)CC1. The minimum Gasteiger partial charge on any atom is -0.338 e. The minimum absolute atomic E-state index is 0.142. The summed E-state index contributed by atoms with van der Waals surface area (Å²) in [6, 6.07) is 10.3. The molecule has 1 aromatic heterocycles. The lowest BCUT2D eigenvalue weighted by molar-refractivity contribution is -0.137. The highest BCUT2D eigenvalue weighted by Gasteiger charge is 2.31. The van der Waals surface area contributed by atoms with Crippen molar-refractivity contribution in [3.8, 4) is 5.69 Å². The Morgan fingerprint density at radius 2 is 1.64 bits per heavy atom. The van der Waals surface area contributed by atoms with Crippen molar-refractivity contribution < 1.29 is 9.59 Å². The normalized spacial score (nSPS) is 20.9. The van der Waals surface area contributed by atoms with Gasteiger partial charge in [-0.15, -0.1) is 0 Å². The fourth-order valence-electron chi connectivity index (χ4n) is 5.27. The number of nitrogens with two attached hydrogens (primary N) is 2. The van der Waals surface area contributed by atoms with Gasteiger partial charge in [0.05, 0.1) is 11.2 Å². The van der Waals surface area contributed by atoms with Crippen LogP contribution in [0.5, 0.6) is 0 Å². The molecule has 1 aromatic carbocycles. The van der Waals surface area contributed by atoms with Crippen molar-refractivity contribution in [2.75, 3.05) is 31.5 Å². The molecule has 3 amide bonds. The third kappa shape index (κ3) is 7.65. The zero-order valence-corrected chi connectivity index (χ0v) is 23.2. The molecule has 6 N–H and O–H groups in total. The van der Waals surface area contributed by atoms with Crippen LogP contribution in [0.3, 0.4) is 0 Å². The number of carbonyl (C=O) groups is 2. The number of benzene rings is 1. The number of piperazine rings is 1. The van der Waals surface area contributed by atoms with Crippen LogP contribution in [0.1, 0.15) is 52.0 Å². The monoisotopic (exact) mass is 538 g/mol. The van der Waals surface area contributed by atoms with Gasteiger partial charge in [0.15, 0.2) is 0 Å². The van der Waals surface area contributed by atoms with Crippen LogP contribution in [-0.4, -0.2) is 81.1 Å². The Labute approximate surface area is 229 Å². The number of carbonyl (C=O) groups excluding carboxylic acids is 2. The zero-order chi connectivity index (χ0) is 28.2. The van der Waals surface area contributed by atoms with Crippen molar-refractivity contribution in [3.05, 3.63) is 52.6 Å². The molecule has 1 saturated carbocycles. The summed E-state index contributed by atoms with van der Waals surface area (Å²) in [6.07, 6.45) is 6.92. The average molecular weight is 539 g/mol. The lowest BCUT2D eigenvalue weighted by Crippen LogP contribution is -2.58. The standard InChI is InChI=1S/C28H42N8O3/c1-19(31-22-8-6-21(29)7-9-22)18-20-4-10-23(11-5-20)36-13-12-24(33-27(36)39)32-26(38)35-16-14-34(15-17-35)25(37)28(2,3)30/h4-5,10-13,19,21-22,31H,6-9,14-18,29-30H2,1-3H3,(H,32,33,38,39)/t19?,21-,22+. The molecule has 1 aliphatic heterocycles. The van der Waals surface area contributed by atoms with Crippen LogP contribution in [0.25, 0.3) is 5.69 Å². The lowest BCUT2D eigenvalue weighted by Gasteiger charge is -2.37. The van der Waals surface area contributed by atoms with Crippen LogP contribution in [-0.2, 0) is 11.2 Å². The van der Waals surface area contributed by atoms with Crippen molar-refractivity contribution in [2.24, 2.45) is 11.5 Å². The Kier molecular flexibility index (Phi) is 9.04. The van der Waals surface area contributed by atoms with Gasteiger partial charge in [0, 0.05) is 50.5 Å². The Hall–Kier alpha value is -3.28. The average Bonchev–Trinajstić information content (AvgIpc) is 2.90. The predicted molar refractivity (Wildman–Crippen MR) is 152 cm³/mol. The number of anilines is 1. The first-order valence-electron chi connectivity index (χ1n) is 13.8. The molecule has 0 bridgehead atoms. The number of nitrogens with zero attached hydrogens (tertiary/aromatic N) is 4. The van der Waals surface area contributed by atoms with Crippen LogP contribution in [0.4, 0.5) is 10.6 Å². The van der Waals surface area contributed by atoms with E-state index in [1.54, 1.807) is 35.9 Å². The molecule has 1 saturated heterocycles. The van der Waals surface area contributed by atoms with Gasteiger partial charge in [0.25, 0.3) is 0 Å². The maximum Gasteiger partial charge on any atom is 0.354 e. The third-order valence-corrected chi connectivity index (χ3v) is 7.49. The van der Waals surface area contributed by atoms with Crippen molar-refractivity contribution in [3.63, 3.8) is 0 Å². The zero-order valence-electron chi connectivity index (χ0n) is 23.2. The first-order valence-corrected chi connectivity index (χ1v) is 13.8. The van der Waals surface area contributed by atoms with E-state index in [1.165, 1.54) is 10.1 Å².